The molecule has 0 saturated heterocycles. The van der Waals surface area contributed by atoms with Gasteiger partial charge in [-0.2, -0.15) is 0 Å². The Kier molecular flexibility index (Phi) is 3.46. The Morgan fingerprint density at radius 1 is 1.41 bits per heavy atom. The summed E-state index contributed by atoms with van der Waals surface area (Å²) in [5.74, 6) is -0.371. The minimum Gasteiger partial charge on any atom is -0.480 e. The quantitative estimate of drug-likeness (QED) is 0.704. The van der Waals surface area contributed by atoms with Crippen molar-refractivity contribution in [2.75, 3.05) is 13.6 Å². The first-order valence-electron chi connectivity index (χ1n) is 6.67. The molecule has 4 nitrogen and oxygen atoms in total. The highest BCUT2D eigenvalue weighted by atomic mass is 16.4. The molecule has 2 aliphatic carbocycles. The lowest BCUT2D eigenvalue weighted by molar-refractivity contribution is -0.147. The number of carbonyl (C=O) groups is 1. The molecule has 0 bridgehead atoms. The molecule has 2 saturated carbocycles. The first-order chi connectivity index (χ1) is 7.95. The highest BCUT2D eigenvalue weighted by molar-refractivity contribution is 5.80. The molecule has 0 aliphatic heterocycles. The van der Waals surface area contributed by atoms with Gasteiger partial charge in [0, 0.05) is 18.6 Å². The van der Waals surface area contributed by atoms with Gasteiger partial charge < -0.3 is 10.0 Å². The molecule has 2 N–H and O–H groups in total. The van der Waals surface area contributed by atoms with E-state index >= 15 is 0 Å². The molecule has 1 atom stereocenters. The van der Waals surface area contributed by atoms with Crippen LogP contribution >= 0.6 is 0 Å². The average Bonchev–Trinajstić information content (AvgIpc) is 3.05. The van der Waals surface area contributed by atoms with Crippen LogP contribution in [0.4, 0.5) is 0 Å². The summed E-state index contributed by atoms with van der Waals surface area (Å²) < 4.78 is 0. The standard InChI is InChI=1S/C13H24N2O2/c1-9(2)14-13(12(16)17,10-4-5-10)8-15(3)11-6-7-11/h9-11,14H,4-8H2,1-3H3,(H,16,17). The van der Waals surface area contributed by atoms with Crippen LogP contribution in [0.15, 0.2) is 0 Å². The third-order valence-corrected chi connectivity index (χ3v) is 3.87. The van der Waals surface area contributed by atoms with Gasteiger partial charge in [-0.15, -0.1) is 0 Å². The zero-order chi connectivity index (χ0) is 12.6. The summed E-state index contributed by atoms with van der Waals surface area (Å²) in [6.45, 7) is 4.68. The number of carboxylic acid groups (broad SMARTS) is 1. The number of hydrogen-bond acceptors (Lipinski definition) is 3. The Labute approximate surface area is 103 Å². The van der Waals surface area contributed by atoms with E-state index in [-0.39, 0.29) is 6.04 Å². The summed E-state index contributed by atoms with van der Waals surface area (Å²) in [5, 5.41) is 13.0. The van der Waals surface area contributed by atoms with E-state index in [4.69, 9.17) is 0 Å². The molecule has 17 heavy (non-hydrogen) atoms. The molecule has 0 radical (unpaired) electrons. The lowest BCUT2D eigenvalue weighted by Crippen LogP contribution is -2.62. The van der Waals surface area contributed by atoms with Crippen LogP contribution in [0.2, 0.25) is 0 Å². The second-order valence-electron chi connectivity index (χ2n) is 6.00. The molecule has 0 aromatic carbocycles. The number of rotatable bonds is 7. The maximum atomic E-state index is 11.7. The van der Waals surface area contributed by atoms with Crippen LogP contribution in [0.5, 0.6) is 0 Å². The molecule has 0 heterocycles. The van der Waals surface area contributed by atoms with Gasteiger partial charge in [-0.25, -0.2) is 0 Å². The Morgan fingerprint density at radius 2 is 2.00 bits per heavy atom. The Balaban J connectivity index is 2.10. The average molecular weight is 240 g/mol. The third-order valence-electron chi connectivity index (χ3n) is 3.87. The molecule has 1 unspecified atom stereocenters. The van der Waals surface area contributed by atoms with Crippen LogP contribution in [0.3, 0.4) is 0 Å². The van der Waals surface area contributed by atoms with Gasteiger partial charge >= 0.3 is 5.97 Å². The van der Waals surface area contributed by atoms with Crippen LogP contribution in [-0.4, -0.2) is 47.2 Å². The smallest absolute Gasteiger partial charge is 0.325 e. The van der Waals surface area contributed by atoms with E-state index in [1.807, 2.05) is 13.8 Å². The first-order valence-corrected chi connectivity index (χ1v) is 6.67. The molecular weight excluding hydrogens is 216 g/mol. The Morgan fingerprint density at radius 3 is 2.35 bits per heavy atom. The molecule has 2 rings (SSSR count). The first kappa shape index (κ1) is 12.8. The molecule has 0 aromatic rings. The zero-order valence-corrected chi connectivity index (χ0v) is 11.1. The van der Waals surface area contributed by atoms with Crippen molar-refractivity contribution in [1.82, 2.24) is 10.2 Å². The molecule has 0 spiro atoms. The lowest BCUT2D eigenvalue weighted by Gasteiger charge is -2.36. The van der Waals surface area contributed by atoms with Crippen molar-refractivity contribution in [3.63, 3.8) is 0 Å². The van der Waals surface area contributed by atoms with Gasteiger partial charge in [0.15, 0.2) is 0 Å². The van der Waals surface area contributed by atoms with Crippen molar-refractivity contribution < 1.29 is 9.90 Å². The van der Waals surface area contributed by atoms with E-state index in [0.717, 1.165) is 12.8 Å². The number of likely N-dealkylation sites (N-methyl/N-ethyl adjacent to an activating group) is 1. The highest BCUT2D eigenvalue weighted by Gasteiger charge is 2.52. The van der Waals surface area contributed by atoms with Crippen molar-refractivity contribution in [3.05, 3.63) is 0 Å². The van der Waals surface area contributed by atoms with Gasteiger partial charge in [-0.05, 0) is 52.5 Å². The summed E-state index contributed by atoms with van der Waals surface area (Å²) in [6.07, 6.45) is 4.53. The summed E-state index contributed by atoms with van der Waals surface area (Å²) in [7, 11) is 2.06. The normalized spacial score (nSPS) is 24.1. The summed E-state index contributed by atoms with van der Waals surface area (Å²) in [5.41, 5.74) is -0.731. The third kappa shape index (κ3) is 2.80. The maximum Gasteiger partial charge on any atom is 0.325 e. The van der Waals surface area contributed by atoms with E-state index in [0.29, 0.717) is 18.5 Å². The van der Waals surface area contributed by atoms with Gasteiger partial charge in [0.2, 0.25) is 0 Å². The molecule has 4 heteroatoms. The summed E-state index contributed by atoms with van der Waals surface area (Å²) in [6, 6.07) is 0.820. The van der Waals surface area contributed by atoms with Crippen molar-refractivity contribution in [3.8, 4) is 0 Å². The van der Waals surface area contributed by atoms with Gasteiger partial charge in [0.1, 0.15) is 5.54 Å². The van der Waals surface area contributed by atoms with Crippen molar-refractivity contribution in [2.24, 2.45) is 5.92 Å². The number of nitrogens with one attached hydrogen (secondary N) is 1. The second-order valence-corrected chi connectivity index (χ2v) is 6.00. The molecule has 98 valence electrons. The summed E-state index contributed by atoms with van der Waals surface area (Å²) in [4.78, 5) is 14.0. The van der Waals surface area contributed by atoms with E-state index in [1.165, 1.54) is 12.8 Å². The van der Waals surface area contributed by atoms with Crippen LogP contribution in [0.25, 0.3) is 0 Å². The molecule has 0 aromatic heterocycles. The minimum atomic E-state index is -0.731. The van der Waals surface area contributed by atoms with Gasteiger partial charge in [-0.1, -0.05) is 0 Å². The predicted octanol–water partition coefficient (Wildman–Crippen LogP) is 1.31. The van der Waals surface area contributed by atoms with E-state index in [1.54, 1.807) is 0 Å². The van der Waals surface area contributed by atoms with Gasteiger partial charge in [-0.3, -0.25) is 10.1 Å². The number of carboxylic acids is 1. The second kappa shape index (κ2) is 4.58. The molecule has 0 amide bonds. The van der Waals surface area contributed by atoms with Crippen molar-refractivity contribution in [1.29, 1.82) is 0 Å². The molecule has 2 fully saturated rings. The van der Waals surface area contributed by atoms with Crippen molar-refractivity contribution in [2.45, 2.75) is 57.2 Å². The zero-order valence-electron chi connectivity index (χ0n) is 11.1. The predicted molar refractivity (Wildman–Crippen MR) is 67.0 cm³/mol. The van der Waals surface area contributed by atoms with Gasteiger partial charge in [0.05, 0.1) is 0 Å². The monoisotopic (exact) mass is 240 g/mol. The molecular formula is C13H24N2O2. The Bertz CT molecular complexity index is 298. The SMILES string of the molecule is CC(C)NC(CN(C)C1CC1)(C(=O)O)C1CC1. The Hall–Kier alpha value is -0.610. The fraction of sp³-hybridized carbons (Fsp3) is 0.923. The van der Waals surface area contributed by atoms with Crippen LogP contribution in [0, 0.1) is 5.92 Å². The van der Waals surface area contributed by atoms with Gasteiger partial charge in [0.25, 0.3) is 0 Å². The van der Waals surface area contributed by atoms with E-state index in [9.17, 15) is 9.90 Å². The lowest BCUT2D eigenvalue weighted by atomic mass is 9.91. The topological polar surface area (TPSA) is 52.6 Å². The molecule has 2 aliphatic rings. The maximum absolute atomic E-state index is 11.7. The number of nitrogens with zero attached hydrogens (tertiary/aromatic N) is 1. The van der Waals surface area contributed by atoms with Crippen LogP contribution < -0.4 is 5.32 Å². The van der Waals surface area contributed by atoms with Crippen LogP contribution in [-0.2, 0) is 4.79 Å². The van der Waals surface area contributed by atoms with E-state index < -0.39 is 11.5 Å². The van der Waals surface area contributed by atoms with Crippen LogP contribution in [0.1, 0.15) is 39.5 Å². The van der Waals surface area contributed by atoms with E-state index in [2.05, 4.69) is 17.3 Å². The summed E-state index contributed by atoms with van der Waals surface area (Å²) >= 11 is 0. The fourth-order valence-corrected chi connectivity index (χ4v) is 2.73. The highest BCUT2D eigenvalue weighted by Crippen LogP contribution is 2.41. The number of hydrogen-bond donors (Lipinski definition) is 2. The number of aliphatic carboxylic acids is 1. The largest absolute Gasteiger partial charge is 0.480 e. The minimum absolute atomic E-state index is 0.208. The van der Waals surface area contributed by atoms with Crippen molar-refractivity contribution >= 4 is 5.97 Å². The fourth-order valence-electron chi connectivity index (χ4n) is 2.73.